The summed E-state index contributed by atoms with van der Waals surface area (Å²) < 4.78 is 1.00. The second kappa shape index (κ2) is 7.22. The zero-order chi connectivity index (χ0) is 15.2. The van der Waals surface area contributed by atoms with E-state index < -0.39 is 0 Å². The third-order valence-electron chi connectivity index (χ3n) is 2.74. The Bertz CT molecular complexity index is 611. The molecule has 110 valence electrons. The number of aromatic nitrogens is 1. The number of benzene rings is 1. The molecule has 0 aliphatic heterocycles. The molecule has 0 atom stereocenters. The molecule has 2 aromatic rings. The fourth-order valence-corrected chi connectivity index (χ4v) is 2.24. The highest BCUT2D eigenvalue weighted by Gasteiger charge is 2.05. The van der Waals surface area contributed by atoms with E-state index in [1.807, 2.05) is 50.2 Å². The molecule has 4 nitrogen and oxygen atoms in total. The molecule has 0 radical (unpaired) electrons. The first-order valence-electron chi connectivity index (χ1n) is 6.81. The van der Waals surface area contributed by atoms with E-state index in [2.05, 4.69) is 31.5 Å². The van der Waals surface area contributed by atoms with Crippen molar-refractivity contribution in [1.82, 2.24) is 4.98 Å². The zero-order valence-electron chi connectivity index (χ0n) is 12.1. The highest BCUT2D eigenvalue weighted by Crippen LogP contribution is 2.20. The molecular weight excluding hydrogens is 330 g/mol. The van der Waals surface area contributed by atoms with Gasteiger partial charge in [-0.3, -0.25) is 4.79 Å². The van der Waals surface area contributed by atoms with E-state index in [-0.39, 0.29) is 5.91 Å². The van der Waals surface area contributed by atoms with Crippen molar-refractivity contribution in [2.75, 3.05) is 10.6 Å². The molecule has 0 unspecified atom stereocenters. The quantitative estimate of drug-likeness (QED) is 0.832. The average Bonchev–Trinajstić information content (AvgIpc) is 2.40. The number of halogens is 1. The van der Waals surface area contributed by atoms with Crippen molar-refractivity contribution in [2.24, 2.45) is 5.92 Å². The predicted octanol–water partition coefficient (Wildman–Crippen LogP) is 4.57. The summed E-state index contributed by atoms with van der Waals surface area (Å²) in [6.45, 7) is 4.03. The van der Waals surface area contributed by atoms with Gasteiger partial charge in [-0.2, -0.15) is 0 Å². The Morgan fingerprint density at radius 1 is 1.24 bits per heavy atom. The van der Waals surface area contributed by atoms with Gasteiger partial charge in [-0.1, -0.05) is 35.8 Å². The van der Waals surface area contributed by atoms with Gasteiger partial charge in [0, 0.05) is 16.6 Å². The maximum atomic E-state index is 11.7. The summed E-state index contributed by atoms with van der Waals surface area (Å²) in [6, 6.07) is 11.5. The van der Waals surface area contributed by atoms with Crippen molar-refractivity contribution < 1.29 is 4.79 Å². The summed E-state index contributed by atoms with van der Waals surface area (Å²) in [5.74, 6) is 1.09. The molecule has 0 fully saturated rings. The lowest BCUT2D eigenvalue weighted by Gasteiger charge is -2.09. The third kappa shape index (κ3) is 5.19. The Hall–Kier alpha value is -1.88. The minimum Gasteiger partial charge on any atom is -0.340 e. The van der Waals surface area contributed by atoms with Crippen molar-refractivity contribution in [1.29, 1.82) is 0 Å². The molecule has 1 heterocycles. The van der Waals surface area contributed by atoms with E-state index in [9.17, 15) is 4.79 Å². The average molecular weight is 348 g/mol. The molecule has 1 amide bonds. The van der Waals surface area contributed by atoms with Crippen LogP contribution in [0.1, 0.15) is 20.3 Å². The van der Waals surface area contributed by atoms with E-state index in [1.165, 1.54) is 0 Å². The SMILES string of the molecule is CC(C)CC(=O)Nc1ccc(Nc2cccc(Br)c2)nc1. The van der Waals surface area contributed by atoms with Crippen LogP contribution in [-0.4, -0.2) is 10.9 Å². The van der Waals surface area contributed by atoms with Gasteiger partial charge in [-0.25, -0.2) is 4.98 Å². The highest BCUT2D eigenvalue weighted by molar-refractivity contribution is 9.10. The maximum Gasteiger partial charge on any atom is 0.224 e. The minimum atomic E-state index is 0.0134. The van der Waals surface area contributed by atoms with Crippen LogP contribution in [0.15, 0.2) is 47.1 Å². The van der Waals surface area contributed by atoms with Crippen LogP contribution in [0, 0.1) is 5.92 Å². The van der Waals surface area contributed by atoms with Crippen molar-refractivity contribution in [2.45, 2.75) is 20.3 Å². The number of hydrogen-bond acceptors (Lipinski definition) is 3. The lowest BCUT2D eigenvalue weighted by Crippen LogP contribution is -2.13. The monoisotopic (exact) mass is 347 g/mol. The summed E-state index contributed by atoms with van der Waals surface area (Å²) in [5, 5.41) is 6.04. The fraction of sp³-hybridized carbons (Fsp3) is 0.250. The molecule has 0 bridgehead atoms. The lowest BCUT2D eigenvalue weighted by molar-refractivity contribution is -0.116. The van der Waals surface area contributed by atoms with E-state index >= 15 is 0 Å². The standard InChI is InChI=1S/C16H18BrN3O/c1-11(2)8-16(21)20-14-6-7-15(18-10-14)19-13-5-3-4-12(17)9-13/h3-7,9-11H,8H2,1-2H3,(H,18,19)(H,20,21). The van der Waals surface area contributed by atoms with E-state index in [0.717, 1.165) is 16.0 Å². The van der Waals surface area contributed by atoms with Crippen LogP contribution in [0.2, 0.25) is 0 Å². The topological polar surface area (TPSA) is 54.0 Å². The molecule has 0 saturated heterocycles. The van der Waals surface area contributed by atoms with Crippen LogP contribution in [0.5, 0.6) is 0 Å². The van der Waals surface area contributed by atoms with Gasteiger partial charge in [-0.05, 0) is 36.2 Å². The zero-order valence-corrected chi connectivity index (χ0v) is 13.6. The highest BCUT2D eigenvalue weighted by atomic mass is 79.9. The maximum absolute atomic E-state index is 11.7. The van der Waals surface area contributed by atoms with Crippen molar-refractivity contribution in [3.63, 3.8) is 0 Å². The van der Waals surface area contributed by atoms with Crippen LogP contribution in [0.3, 0.4) is 0 Å². The molecule has 1 aromatic heterocycles. The molecular formula is C16H18BrN3O. The number of nitrogens with zero attached hydrogens (tertiary/aromatic N) is 1. The van der Waals surface area contributed by atoms with Gasteiger partial charge in [0.1, 0.15) is 5.82 Å². The molecule has 0 aliphatic carbocycles. The fourth-order valence-electron chi connectivity index (χ4n) is 1.84. The normalized spacial score (nSPS) is 10.5. The van der Waals surface area contributed by atoms with Gasteiger partial charge in [0.05, 0.1) is 11.9 Å². The smallest absolute Gasteiger partial charge is 0.224 e. The number of pyridine rings is 1. The molecule has 2 N–H and O–H groups in total. The minimum absolute atomic E-state index is 0.0134. The Morgan fingerprint density at radius 3 is 2.67 bits per heavy atom. The molecule has 21 heavy (non-hydrogen) atoms. The van der Waals surface area contributed by atoms with E-state index in [0.29, 0.717) is 18.0 Å². The van der Waals surface area contributed by atoms with Gasteiger partial charge in [0.15, 0.2) is 0 Å². The largest absolute Gasteiger partial charge is 0.340 e. The van der Waals surface area contributed by atoms with Crippen molar-refractivity contribution >= 4 is 39.0 Å². The van der Waals surface area contributed by atoms with Crippen LogP contribution in [0.25, 0.3) is 0 Å². The Morgan fingerprint density at radius 2 is 2.05 bits per heavy atom. The van der Waals surface area contributed by atoms with Gasteiger partial charge < -0.3 is 10.6 Å². The van der Waals surface area contributed by atoms with Crippen LogP contribution >= 0.6 is 15.9 Å². The van der Waals surface area contributed by atoms with E-state index in [1.54, 1.807) is 6.20 Å². The summed E-state index contributed by atoms with van der Waals surface area (Å²) in [6.07, 6.45) is 2.16. The first kappa shape index (κ1) is 15.5. The van der Waals surface area contributed by atoms with E-state index in [4.69, 9.17) is 0 Å². The Labute approximate surface area is 133 Å². The molecule has 0 saturated carbocycles. The van der Waals surface area contributed by atoms with Gasteiger partial charge in [0.2, 0.25) is 5.91 Å². The summed E-state index contributed by atoms with van der Waals surface area (Å²) in [7, 11) is 0. The Kier molecular flexibility index (Phi) is 5.33. The summed E-state index contributed by atoms with van der Waals surface area (Å²) in [4.78, 5) is 16.0. The lowest BCUT2D eigenvalue weighted by atomic mass is 10.1. The number of amides is 1. The first-order chi connectivity index (χ1) is 10.0. The summed E-state index contributed by atoms with van der Waals surface area (Å²) in [5.41, 5.74) is 1.66. The summed E-state index contributed by atoms with van der Waals surface area (Å²) >= 11 is 3.43. The molecule has 5 heteroatoms. The van der Waals surface area contributed by atoms with Crippen molar-refractivity contribution in [3.8, 4) is 0 Å². The number of carbonyl (C=O) groups is 1. The van der Waals surface area contributed by atoms with Gasteiger partial charge >= 0.3 is 0 Å². The molecule has 0 spiro atoms. The molecule has 1 aromatic carbocycles. The number of rotatable bonds is 5. The second-order valence-electron chi connectivity index (χ2n) is 5.21. The van der Waals surface area contributed by atoms with Gasteiger partial charge in [0.25, 0.3) is 0 Å². The second-order valence-corrected chi connectivity index (χ2v) is 6.13. The number of anilines is 3. The Balaban J connectivity index is 1.97. The van der Waals surface area contributed by atoms with Crippen LogP contribution in [-0.2, 0) is 4.79 Å². The number of carbonyl (C=O) groups excluding carboxylic acids is 1. The van der Waals surface area contributed by atoms with Gasteiger partial charge in [-0.15, -0.1) is 0 Å². The number of nitrogens with one attached hydrogen (secondary N) is 2. The number of hydrogen-bond donors (Lipinski definition) is 2. The van der Waals surface area contributed by atoms with Crippen molar-refractivity contribution in [3.05, 3.63) is 47.1 Å². The third-order valence-corrected chi connectivity index (χ3v) is 3.23. The molecule has 2 rings (SSSR count). The van der Waals surface area contributed by atoms with Crippen LogP contribution in [0.4, 0.5) is 17.2 Å². The first-order valence-corrected chi connectivity index (χ1v) is 7.61. The molecule has 0 aliphatic rings. The predicted molar refractivity (Wildman–Crippen MR) is 89.7 cm³/mol. The van der Waals surface area contributed by atoms with Crippen LogP contribution < -0.4 is 10.6 Å².